The average molecular weight is 248 g/mol. The van der Waals surface area contributed by atoms with E-state index in [4.69, 9.17) is 9.47 Å². The van der Waals surface area contributed by atoms with Gasteiger partial charge in [0.25, 0.3) is 0 Å². The third-order valence-corrected chi connectivity index (χ3v) is 4.17. The molecule has 0 aromatic heterocycles. The molecule has 1 saturated heterocycles. The van der Waals surface area contributed by atoms with E-state index in [0.717, 1.165) is 32.0 Å². The summed E-state index contributed by atoms with van der Waals surface area (Å²) < 4.78 is 11.2. The number of hydrogen-bond acceptors (Lipinski definition) is 2. The van der Waals surface area contributed by atoms with Crippen molar-refractivity contribution < 1.29 is 9.47 Å². The van der Waals surface area contributed by atoms with Crippen molar-refractivity contribution in [1.29, 1.82) is 0 Å². The summed E-state index contributed by atoms with van der Waals surface area (Å²) in [6.45, 7) is 9.14. The zero-order chi connectivity index (χ0) is 13.0. The molecule has 0 radical (unpaired) electrons. The van der Waals surface area contributed by atoms with Crippen LogP contribution in [0.4, 0.5) is 0 Å². The van der Waals surface area contributed by atoms with Gasteiger partial charge in [-0.15, -0.1) is 0 Å². The zero-order valence-electron chi connectivity index (χ0n) is 11.7. The van der Waals surface area contributed by atoms with Gasteiger partial charge in [-0.2, -0.15) is 0 Å². The van der Waals surface area contributed by atoms with Crippen molar-refractivity contribution in [3.8, 4) is 5.75 Å². The SMILES string of the molecule is CCC(C)c1ccc(OCC2(CC)COC2)cc1. The largest absolute Gasteiger partial charge is 0.493 e. The van der Waals surface area contributed by atoms with Crippen molar-refractivity contribution in [1.82, 2.24) is 0 Å². The van der Waals surface area contributed by atoms with E-state index in [1.165, 1.54) is 12.0 Å². The summed E-state index contributed by atoms with van der Waals surface area (Å²) in [7, 11) is 0. The van der Waals surface area contributed by atoms with Gasteiger partial charge >= 0.3 is 0 Å². The van der Waals surface area contributed by atoms with Gasteiger partial charge in [0, 0.05) is 0 Å². The van der Waals surface area contributed by atoms with Crippen molar-refractivity contribution in [2.45, 2.75) is 39.5 Å². The normalized spacial score (nSPS) is 19.1. The molecule has 2 nitrogen and oxygen atoms in total. The van der Waals surface area contributed by atoms with E-state index in [1.54, 1.807) is 0 Å². The lowest BCUT2D eigenvalue weighted by Gasteiger charge is -2.40. The van der Waals surface area contributed by atoms with Gasteiger partial charge in [-0.1, -0.05) is 32.9 Å². The first-order valence-electron chi connectivity index (χ1n) is 6.99. The molecule has 18 heavy (non-hydrogen) atoms. The first-order valence-corrected chi connectivity index (χ1v) is 6.99. The topological polar surface area (TPSA) is 18.5 Å². The molecular weight excluding hydrogens is 224 g/mol. The molecule has 0 N–H and O–H groups in total. The third kappa shape index (κ3) is 2.86. The molecule has 1 aliphatic rings. The first kappa shape index (κ1) is 13.4. The van der Waals surface area contributed by atoms with Crippen LogP contribution in [0.25, 0.3) is 0 Å². The summed E-state index contributed by atoms with van der Waals surface area (Å²) in [5.74, 6) is 1.60. The van der Waals surface area contributed by atoms with E-state index in [9.17, 15) is 0 Å². The predicted molar refractivity (Wildman–Crippen MR) is 74.2 cm³/mol. The Kier molecular flexibility index (Phi) is 4.28. The van der Waals surface area contributed by atoms with Crippen LogP contribution >= 0.6 is 0 Å². The maximum absolute atomic E-state index is 5.89. The number of ether oxygens (including phenoxy) is 2. The fourth-order valence-electron chi connectivity index (χ4n) is 2.14. The third-order valence-electron chi connectivity index (χ3n) is 4.17. The van der Waals surface area contributed by atoms with E-state index >= 15 is 0 Å². The van der Waals surface area contributed by atoms with Gasteiger partial charge in [0.1, 0.15) is 5.75 Å². The molecule has 1 aromatic rings. The summed E-state index contributed by atoms with van der Waals surface area (Å²) in [6, 6.07) is 8.54. The summed E-state index contributed by atoms with van der Waals surface area (Å²) >= 11 is 0. The summed E-state index contributed by atoms with van der Waals surface area (Å²) in [4.78, 5) is 0. The minimum absolute atomic E-state index is 0.259. The second-order valence-corrected chi connectivity index (χ2v) is 5.51. The highest BCUT2D eigenvalue weighted by molar-refractivity contribution is 5.29. The highest BCUT2D eigenvalue weighted by atomic mass is 16.5. The van der Waals surface area contributed by atoms with E-state index < -0.39 is 0 Å². The smallest absolute Gasteiger partial charge is 0.119 e. The molecule has 0 amide bonds. The maximum atomic E-state index is 5.89. The molecule has 0 bridgehead atoms. The molecule has 0 saturated carbocycles. The summed E-state index contributed by atoms with van der Waals surface area (Å²) in [6.07, 6.45) is 2.30. The van der Waals surface area contributed by atoms with Crippen LogP contribution in [0.15, 0.2) is 24.3 Å². The Morgan fingerprint density at radius 1 is 1.22 bits per heavy atom. The molecule has 1 aliphatic heterocycles. The van der Waals surface area contributed by atoms with Crippen molar-refractivity contribution in [2.24, 2.45) is 5.41 Å². The summed E-state index contributed by atoms with van der Waals surface area (Å²) in [5, 5.41) is 0. The molecule has 0 spiro atoms. The van der Waals surface area contributed by atoms with Crippen LogP contribution in [-0.2, 0) is 4.74 Å². The number of benzene rings is 1. The van der Waals surface area contributed by atoms with Crippen molar-refractivity contribution in [3.63, 3.8) is 0 Å². The minimum Gasteiger partial charge on any atom is -0.493 e. The van der Waals surface area contributed by atoms with E-state index in [1.807, 2.05) is 0 Å². The molecular formula is C16H24O2. The molecule has 1 atom stereocenters. The van der Waals surface area contributed by atoms with Gasteiger partial charge in [-0.3, -0.25) is 0 Å². The second-order valence-electron chi connectivity index (χ2n) is 5.51. The average Bonchev–Trinajstić information content (AvgIpc) is 2.38. The Balaban J connectivity index is 1.90. The lowest BCUT2D eigenvalue weighted by molar-refractivity contribution is -0.133. The van der Waals surface area contributed by atoms with Crippen LogP contribution < -0.4 is 4.74 Å². The van der Waals surface area contributed by atoms with Crippen LogP contribution in [0, 0.1) is 5.41 Å². The van der Waals surface area contributed by atoms with Gasteiger partial charge in [-0.25, -0.2) is 0 Å². The van der Waals surface area contributed by atoms with Crippen LogP contribution in [-0.4, -0.2) is 19.8 Å². The van der Waals surface area contributed by atoms with Gasteiger partial charge in [0.05, 0.1) is 25.2 Å². The van der Waals surface area contributed by atoms with Gasteiger partial charge in [0.15, 0.2) is 0 Å². The summed E-state index contributed by atoms with van der Waals surface area (Å²) in [5.41, 5.74) is 1.65. The fourth-order valence-corrected chi connectivity index (χ4v) is 2.14. The molecule has 1 unspecified atom stereocenters. The Bertz CT molecular complexity index is 360. The molecule has 1 aromatic carbocycles. The Labute approximate surface area is 110 Å². The maximum Gasteiger partial charge on any atom is 0.119 e. The van der Waals surface area contributed by atoms with Crippen LogP contribution in [0.5, 0.6) is 5.75 Å². The van der Waals surface area contributed by atoms with E-state index in [2.05, 4.69) is 45.0 Å². The minimum atomic E-state index is 0.259. The molecule has 100 valence electrons. The quantitative estimate of drug-likeness (QED) is 0.757. The monoisotopic (exact) mass is 248 g/mol. The van der Waals surface area contributed by atoms with E-state index in [0.29, 0.717) is 5.92 Å². The van der Waals surface area contributed by atoms with Gasteiger partial charge < -0.3 is 9.47 Å². The lowest BCUT2D eigenvalue weighted by Crippen LogP contribution is -2.46. The first-order chi connectivity index (χ1) is 8.69. The number of rotatable bonds is 6. The molecule has 2 heteroatoms. The Morgan fingerprint density at radius 3 is 2.33 bits per heavy atom. The van der Waals surface area contributed by atoms with Gasteiger partial charge in [-0.05, 0) is 36.5 Å². The standard InChI is InChI=1S/C16H24O2/c1-4-13(3)14-6-8-15(9-7-14)18-12-16(5-2)10-17-11-16/h6-9,13H,4-5,10-12H2,1-3H3. The Morgan fingerprint density at radius 2 is 1.89 bits per heavy atom. The second kappa shape index (κ2) is 5.75. The Hall–Kier alpha value is -1.02. The molecule has 1 fully saturated rings. The van der Waals surface area contributed by atoms with Crippen molar-refractivity contribution in [3.05, 3.63) is 29.8 Å². The lowest BCUT2D eigenvalue weighted by atomic mass is 9.84. The molecule has 1 heterocycles. The van der Waals surface area contributed by atoms with Crippen LogP contribution in [0.3, 0.4) is 0 Å². The van der Waals surface area contributed by atoms with Crippen molar-refractivity contribution in [2.75, 3.05) is 19.8 Å². The predicted octanol–water partition coefficient (Wildman–Crippen LogP) is 4.01. The van der Waals surface area contributed by atoms with Crippen LogP contribution in [0.2, 0.25) is 0 Å². The number of hydrogen-bond donors (Lipinski definition) is 0. The molecule has 2 rings (SSSR count). The van der Waals surface area contributed by atoms with Gasteiger partial charge in [0.2, 0.25) is 0 Å². The molecule has 0 aliphatic carbocycles. The fraction of sp³-hybridized carbons (Fsp3) is 0.625. The van der Waals surface area contributed by atoms with E-state index in [-0.39, 0.29) is 5.41 Å². The zero-order valence-corrected chi connectivity index (χ0v) is 11.7. The van der Waals surface area contributed by atoms with Crippen molar-refractivity contribution >= 4 is 0 Å². The van der Waals surface area contributed by atoms with Crippen LogP contribution in [0.1, 0.15) is 45.1 Å². The highest BCUT2D eigenvalue weighted by Gasteiger charge is 2.37. The highest BCUT2D eigenvalue weighted by Crippen LogP contribution is 2.32.